The van der Waals surface area contributed by atoms with Crippen LogP contribution >= 0.6 is 0 Å². The first kappa shape index (κ1) is 40.5. The van der Waals surface area contributed by atoms with Crippen molar-refractivity contribution < 1.29 is 62.2 Å². The maximum Gasteiger partial charge on any atom is 0.303 e. The first-order chi connectivity index (χ1) is 25.9. The Morgan fingerprint density at radius 1 is 0.714 bits per heavy atom. The molecule has 17 atom stereocenters. The number of carbonyl (C=O) groups excluding carboxylic acids is 4. The second kappa shape index (κ2) is 12.8. The Morgan fingerprint density at radius 3 is 1.96 bits per heavy atom. The van der Waals surface area contributed by atoms with E-state index in [1.165, 1.54) is 27.7 Å². The Morgan fingerprint density at radius 2 is 1.34 bits per heavy atom. The zero-order chi connectivity index (χ0) is 40.8. The van der Waals surface area contributed by atoms with Gasteiger partial charge in [0.1, 0.15) is 12.2 Å². The summed E-state index contributed by atoms with van der Waals surface area (Å²) < 4.78 is 50.3. The Balaban J connectivity index is 1.11. The van der Waals surface area contributed by atoms with E-state index in [0.29, 0.717) is 18.8 Å². The van der Waals surface area contributed by atoms with Gasteiger partial charge in [-0.15, -0.1) is 0 Å². The van der Waals surface area contributed by atoms with Crippen LogP contribution in [0.5, 0.6) is 0 Å². The van der Waals surface area contributed by atoms with E-state index in [9.17, 15) is 24.3 Å². The van der Waals surface area contributed by atoms with E-state index in [2.05, 4.69) is 34.6 Å². The molecule has 56 heavy (non-hydrogen) atoms. The standard InChI is InChI=1S/C43H64O13/c1-21-16-27-35(38(8,9)48)56-43(55-27)19-40(11)34-26(50-22(2)44)17-29-37(6,7)30(12-13-41(29)20-42(34,41)15-14-39(40,10)33(21)43)54-36-32(53-25(5)47)31(52-24(4)46)28(18-49-36)51-23(3)45/h21,26-36,48H,12-20H2,1-11H3. The maximum absolute atomic E-state index is 13.1. The van der Waals surface area contributed by atoms with Gasteiger partial charge in [-0.2, -0.15) is 0 Å². The van der Waals surface area contributed by atoms with Gasteiger partial charge in [0, 0.05) is 46.0 Å². The van der Waals surface area contributed by atoms with Gasteiger partial charge in [0.2, 0.25) is 0 Å². The van der Waals surface area contributed by atoms with Crippen molar-refractivity contribution in [2.24, 2.45) is 50.7 Å². The molecule has 0 aromatic carbocycles. The van der Waals surface area contributed by atoms with Crippen molar-refractivity contribution in [3.63, 3.8) is 0 Å². The Hall–Kier alpha value is -2.32. The summed E-state index contributed by atoms with van der Waals surface area (Å²) in [4.78, 5) is 49.7. The third kappa shape index (κ3) is 5.62. The van der Waals surface area contributed by atoms with Crippen molar-refractivity contribution in [3.8, 4) is 0 Å². The van der Waals surface area contributed by atoms with Gasteiger partial charge in [-0.25, -0.2) is 0 Å². The van der Waals surface area contributed by atoms with Crippen molar-refractivity contribution >= 4 is 23.9 Å². The van der Waals surface area contributed by atoms with Gasteiger partial charge in [-0.1, -0.05) is 34.6 Å². The lowest BCUT2D eigenvalue weighted by atomic mass is 9.41. The quantitative estimate of drug-likeness (QED) is 0.198. The van der Waals surface area contributed by atoms with Crippen LogP contribution in [0.4, 0.5) is 0 Å². The molecule has 3 spiro atoms. The minimum atomic E-state index is -1.17. The Labute approximate surface area is 330 Å². The normalized spacial score (nSPS) is 50.9. The number of aliphatic hydroxyl groups is 1. The van der Waals surface area contributed by atoms with Crippen molar-refractivity contribution in [1.82, 2.24) is 0 Å². The summed E-state index contributed by atoms with van der Waals surface area (Å²) in [5, 5.41) is 11.2. The molecular weight excluding hydrogens is 724 g/mol. The number of fused-ring (bicyclic) bond motifs is 4. The van der Waals surface area contributed by atoms with Crippen molar-refractivity contribution in [1.29, 1.82) is 0 Å². The van der Waals surface area contributed by atoms with Crippen LogP contribution in [0.3, 0.4) is 0 Å². The highest BCUT2D eigenvalue weighted by Crippen LogP contribution is 2.90. The van der Waals surface area contributed by atoms with E-state index in [4.69, 9.17) is 37.9 Å². The van der Waals surface area contributed by atoms with Crippen LogP contribution in [0.1, 0.15) is 128 Å². The molecule has 8 rings (SSSR count). The van der Waals surface area contributed by atoms with E-state index in [-0.39, 0.29) is 70.3 Å². The molecule has 13 heteroatoms. The highest BCUT2D eigenvalue weighted by atomic mass is 16.8. The van der Waals surface area contributed by atoms with Crippen LogP contribution in [-0.2, 0) is 57.1 Å². The first-order valence-electron chi connectivity index (χ1n) is 21.0. The number of carbonyl (C=O) groups is 4. The summed E-state index contributed by atoms with van der Waals surface area (Å²) in [5.74, 6) is -2.19. The minimum absolute atomic E-state index is 0.0119. The van der Waals surface area contributed by atoms with E-state index >= 15 is 0 Å². The Bertz CT molecular complexity index is 1660. The predicted octanol–water partition coefficient (Wildman–Crippen LogP) is 5.40. The second-order valence-corrected chi connectivity index (χ2v) is 20.7. The minimum Gasteiger partial charge on any atom is -0.462 e. The fourth-order valence-electron chi connectivity index (χ4n) is 15.2. The molecule has 3 heterocycles. The van der Waals surface area contributed by atoms with E-state index in [1.54, 1.807) is 0 Å². The number of hydrogen-bond donors (Lipinski definition) is 1. The summed E-state index contributed by atoms with van der Waals surface area (Å²) in [5.41, 5.74) is -1.92. The van der Waals surface area contributed by atoms with Crippen molar-refractivity contribution in [2.75, 3.05) is 6.61 Å². The van der Waals surface area contributed by atoms with E-state index in [0.717, 1.165) is 38.5 Å². The molecule has 5 aliphatic carbocycles. The molecule has 0 aromatic rings. The first-order valence-corrected chi connectivity index (χ1v) is 21.0. The molecule has 8 fully saturated rings. The molecule has 17 unspecified atom stereocenters. The number of esters is 4. The van der Waals surface area contributed by atoms with Crippen LogP contribution in [0.2, 0.25) is 0 Å². The van der Waals surface area contributed by atoms with Gasteiger partial charge < -0.3 is 43.0 Å². The van der Waals surface area contributed by atoms with Gasteiger partial charge >= 0.3 is 23.9 Å². The second-order valence-electron chi connectivity index (χ2n) is 20.7. The molecule has 1 N–H and O–H groups in total. The zero-order valence-corrected chi connectivity index (χ0v) is 35.1. The van der Waals surface area contributed by atoms with Crippen molar-refractivity contribution in [3.05, 3.63) is 0 Å². The predicted molar refractivity (Wildman–Crippen MR) is 197 cm³/mol. The van der Waals surface area contributed by atoms with Crippen molar-refractivity contribution in [2.45, 2.75) is 188 Å². The van der Waals surface area contributed by atoms with Gasteiger partial charge in [0.05, 0.1) is 24.4 Å². The lowest BCUT2D eigenvalue weighted by molar-refractivity contribution is -0.309. The summed E-state index contributed by atoms with van der Waals surface area (Å²) in [6.07, 6.45) is 1.34. The molecule has 0 amide bonds. The SMILES string of the molecule is CC(=O)OC1COC(OC2CCC34CC35CCC3(C)C6C(C)CC7OC6(CC3(C)C5C(OC(C)=O)CC4C2(C)C)OC7C(C)(C)O)C(OC(C)=O)C1OC(C)=O. The van der Waals surface area contributed by atoms with Gasteiger partial charge in [-0.05, 0) is 97.7 Å². The highest BCUT2D eigenvalue weighted by molar-refractivity contribution is 5.68. The van der Waals surface area contributed by atoms with Gasteiger partial charge in [-0.3, -0.25) is 19.2 Å². The molecule has 8 aliphatic rings. The average molecular weight is 789 g/mol. The monoisotopic (exact) mass is 788 g/mol. The van der Waals surface area contributed by atoms with E-state index < -0.39 is 65.4 Å². The third-order valence-electron chi connectivity index (χ3n) is 16.8. The summed E-state index contributed by atoms with van der Waals surface area (Å²) >= 11 is 0. The fraction of sp³-hybridized carbons (Fsp3) is 0.907. The van der Waals surface area contributed by atoms with Crippen LogP contribution in [0.15, 0.2) is 0 Å². The molecule has 13 nitrogen and oxygen atoms in total. The number of hydrogen-bond acceptors (Lipinski definition) is 13. The Kier molecular flexibility index (Phi) is 9.28. The van der Waals surface area contributed by atoms with Crippen LogP contribution in [0, 0.1) is 50.7 Å². The van der Waals surface area contributed by atoms with Gasteiger partial charge in [0.15, 0.2) is 30.4 Å². The molecule has 0 radical (unpaired) electrons. The molecule has 3 saturated heterocycles. The molecule has 314 valence electrons. The highest BCUT2D eigenvalue weighted by Gasteiger charge is 2.87. The molecule has 3 aliphatic heterocycles. The number of rotatable bonds is 7. The summed E-state index contributed by atoms with van der Waals surface area (Å²) in [6, 6.07) is 0. The lowest BCUT2D eigenvalue weighted by Gasteiger charge is -2.64. The molecule has 0 aromatic heterocycles. The van der Waals surface area contributed by atoms with Crippen LogP contribution in [0.25, 0.3) is 0 Å². The van der Waals surface area contributed by atoms with Crippen LogP contribution < -0.4 is 0 Å². The maximum atomic E-state index is 13.1. The van der Waals surface area contributed by atoms with Gasteiger partial charge in [0.25, 0.3) is 0 Å². The number of ether oxygens (including phenoxy) is 8. The van der Waals surface area contributed by atoms with Crippen LogP contribution in [-0.4, -0.2) is 96.0 Å². The smallest absolute Gasteiger partial charge is 0.303 e. The largest absolute Gasteiger partial charge is 0.462 e. The molecular formula is C43H64O13. The fourth-order valence-corrected chi connectivity index (χ4v) is 15.2. The molecule has 2 bridgehead atoms. The zero-order valence-electron chi connectivity index (χ0n) is 35.1. The average Bonchev–Trinajstić information content (AvgIpc) is 3.52. The van der Waals surface area contributed by atoms with E-state index in [1.807, 2.05) is 13.8 Å². The third-order valence-corrected chi connectivity index (χ3v) is 16.8. The summed E-state index contributed by atoms with van der Waals surface area (Å²) in [7, 11) is 0. The lowest BCUT2D eigenvalue weighted by Crippen LogP contribution is -2.63. The molecule has 5 saturated carbocycles. The topological polar surface area (TPSA) is 162 Å². The summed E-state index contributed by atoms with van der Waals surface area (Å²) in [6.45, 7) is 20.5.